The highest BCUT2D eigenvalue weighted by atomic mass is 16.5. The number of fused-ring (bicyclic) bond motifs is 1. The lowest BCUT2D eigenvalue weighted by molar-refractivity contribution is 0.122. The first-order valence-electron chi connectivity index (χ1n) is 11.6. The number of benzene rings is 1. The molecular formula is C25H24N8O2. The predicted octanol–water partition coefficient (Wildman–Crippen LogP) is 3.30. The van der Waals surface area contributed by atoms with Gasteiger partial charge in [0.15, 0.2) is 17.0 Å². The number of aryl methyl sites for hydroxylation is 1. The maximum atomic E-state index is 10.6. The Kier molecular flexibility index (Phi) is 5.34. The van der Waals surface area contributed by atoms with Gasteiger partial charge in [-0.25, -0.2) is 9.67 Å². The van der Waals surface area contributed by atoms with Crippen molar-refractivity contribution in [1.82, 2.24) is 34.3 Å². The van der Waals surface area contributed by atoms with E-state index in [1.54, 1.807) is 18.6 Å². The topological polar surface area (TPSA) is 107 Å². The van der Waals surface area contributed by atoms with E-state index in [0.29, 0.717) is 50.0 Å². The molecule has 0 atom stereocenters. The van der Waals surface area contributed by atoms with Crippen molar-refractivity contribution >= 4 is 17.0 Å². The van der Waals surface area contributed by atoms with Crippen LogP contribution in [0.3, 0.4) is 0 Å². The molecule has 0 bridgehead atoms. The number of aromatic nitrogens is 7. The van der Waals surface area contributed by atoms with Gasteiger partial charge < -0.3 is 19.3 Å². The Morgan fingerprint density at radius 2 is 1.71 bits per heavy atom. The SMILES string of the molecule is CCn1c(-c2ccncc2)nc2c(N3CCOCC3)nc(-n3cc(-c4ccccc4)c(O)n3)nc21. The van der Waals surface area contributed by atoms with Crippen LogP contribution in [0, 0.1) is 0 Å². The molecule has 1 aromatic carbocycles. The average molecular weight is 469 g/mol. The summed E-state index contributed by atoms with van der Waals surface area (Å²) in [5.41, 5.74) is 3.87. The monoisotopic (exact) mass is 468 g/mol. The van der Waals surface area contributed by atoms with E-state index in [0.717, 1.165) is 28.3 Å². The Hall–Kier alpha value is -4.31. The molecule has 1 aliphatic heterocycles. The van der Waals surface area contributed by atoms with Gasteiger partial charge in [0.25, 0.3) is 5.95 Å². The number of hydrogen-bond acceptors (Lipinski definition) is 8. The smallest absolute Gasteiger partial charge is 0.254 e. The Balaban J connectivity index is 1.56. The Bertz CT molecular complexity index is 1470. The number of aromatic hydroxyl groups is 1. The number of morpholine rings is 1. The zero-order chi connectivity index (χ0) is 23.8. The molecule has 5 aromatic rings. The zero-order valence-electron chi connectivity index (χ0n) is 19.2. The van der Waals surface area contributed by atoms with E-state index in [2.05, 4.69) is 26.5 Å². The van der Waals surface area contributed by atoms with Gasteiger partial charge in [-0.3, -0.25) is 4.98 Å². The van der Waals surface area contributed by atoms with Crippen LogP contribution in [-0.4, -0.2) is 65.7 Å². The van der Waals surface area contributed by atoms with Gasteiger partial charge in [-0.15, -0.1) is 5.10 Å². The van der Waals surface area contributed by atoms with Gasteiger partial charge in [0.2, 0.25) is 5.88 Å². The fourth-order valence-electron chi connectivity index (χ4n) is 4.38. The molecule has 0 unspecified atom stereocenters. The van der Waals surface area contributed by atoms with Crippen LogP contribution in [0.1, 0.15) is 6.92 Å². The van der Waals surface area contributed by atoms with Gasteiger partial charge in [0.05, 0.1) is 18.8 Å². The highest BCUT2D eigenvalue weighted by molar-refractivity contribution is 5.88. The molecule has 1 N–H and O–H groups in total. The molecule has 176 valence electrons. The summed E-state index contributed by atoms with van der Waals surface area (Å²) in [6, 6.07) is 13.5. The molecule has 6 rings (SSSR count). The van der Waals surface area contributed by atoms with Gasteiger partial charge in [-0.05, 0) is 24.6 Å². The number of imidazole rings is 1. The minimum atomic E-state index is -0.0747. The van der Waals surface area contributed by atoms with Gasteiger partial charge in [-0.2, -0.15) is 9.97 Å². The average Bonchev–Trinajstić information content (AvgIpc) is 3.50. The molecule has 35 heavy (non-hydrogen) atoms. The van der Waals surface area contributed by atoms with Crippen molar-refractivity contribution in [2.45, 2.75) is 13.5 Å². The number of nitrogens with zero attached hydrogens (tertiary/aromatic N) is 8. The summed E-state index contributed by atoms with van der Waals surface area (Å²) in [4.78, 5) is 21.0. The van der Waals surface area contributed by atoms with Crippen LogP contribution in [0.2, 0.25) is 0 Å². The van der Waals surface area contributed by atoms with Crippen LogP contribution in [0.4, 0.5) is 5.82 Å². The van der Waals surface area contributed by atoms with E-state index in [4.69, 9.17) is 19.7 Å². The molecule has 10 heteroatoms. The first-order valence-corrected chi connectivity index (χ1v) is 11.6. The quantitative estimate of drug-likeness (QED) is 0.419. The molecule has 5 heterocycles. The Labute approximate surface area is 201 Å². The van der Waals surface area contributed by atoms with Crippen molar-refractivity contribution in [3.8, 4) is 34.3 Å². The van der Waals surface area contributed by atoms with Crippen LogP contribution in [0.5, 0.6) is 5.88 Å². The molecule has 10 nitrogen and oxygen atoms in total. The lowest BCUT2D eigenvalue weighted by Crippen LogP contribution is -2.37. The van der Waals surface area contributed by atoms with E-state index in [-0.39, 0.29) is 5.88 Å². The van der Waals surface area contributed by atoms with E-state index in [9.17, 15) is 5.11 Å². The van der Waals surface area contributed by atoms with E-state index in [1.807, 2.05) is 42.5 Å². The summed E-state index contributed by atoms with van der Waals surface area (Å²) in [6.45, 7) is 5.38. The molecule has 0 amide bonds. The summed E-state index contributed by atoms with van der Waals surface area (Å²) >= 11 is 0. The summed E-state index contributed by atoms with van der Waals surface area (Å²) in [5, 5.41) is 14.9. The van der Waals surface area contributed by atoms with Crippen LogP contribution in [0.15, 0.2) is 61.1 Å². The number of anilines is 1. The molecule has 0 aliphatic carbocycles. The maximum absolute atomic E-state index is 10.6. The van der Waals surface area contributed by atoms with Crippen molar-refractivity contribution in [3.05, 3.63) is 61.1 Å². The molecule has 1 fully saturated rings. The first kappa shape index (κ1) is 21.2. The minimum absolute atomic E-state index is 0.0747. The van der Waals surface area contributed by atoms with Crippen molar-refractivity contribution in [1.29, 1.82) is 0 Å². The predicted molar refractivity (Wildman–Crippen MR) is 131 cm³/mol. The third kappa shape index (κ3) is 3.77. The zero-order valence-corrected chi connectivity index (χ0v) is 19.2. The largest absolute Gasteiger partial charge is 0.492 e. The van der Waals surface area contributed by atoms with E-state index < -0.39 is 0 Å². The normalized spacial score (nSPS) is 14.0. The second-order valence-corrected chi connectivity index (χ2v) is 8.21. The highest BCUT2D eigenvalue weighted by Gasteiger charge is 2.24. The Morgan fingerprint density at radius 1 is 0.943 bits per heavy atom. The van der Waals surface area contributed by atoms with Crippen molar-refractivity contribution < 1.29 is 9.84 Å². The van der Waals surface area contributed by atoms with Crippen molar-refractivity contribution in [3.63, 3.8) is 0 Å². The van der Waals surface area contributed by atoms with E-state index >= 15 is 0 Å². The van der Waals surface area contributed by atoms with Gasteiger partial charge in [0, 0.05) is 43.8 Å². The van der Waals surface area contributed by atoms with Crippen LogP contribution >= 0.6 is 0 Å². The number of hydrogen-bond donors (Lipinski definition) is 1. The van der Waals surface area contributed by atoms with Crippen LogP contribution in [0.25, 0.3) is 39.6 Å². The molecule has 4 aromatic heterocycles. The molecule has 1 saturated heterocycles. The number of ether oxygens (including phenoxy) is 1. The second kappa shape index (κ2) is 8.80. The molecule has 0 radical (unpaired) electrons. The Morgan fingerprint density at radius 3 is 2.46 bits per heavy atom. The van der Waals surface area contributed by atoms with Crippen LogP contribution in [-0.2, 0) is 11.3 Å². The first-order chi connectivity index (χ1) is 17.2. The molecular weight excluding hydrogens is 444 g/mol. The third-order valence-electron chi connectivity index (χ3n) is 6.11. The molecule has 0 saturated carbocycles. The minimum Gasteiger partial charge on any atom is -0.492 e. The maximum Gasteiger partial charge on any atom is 0.254 e. The fraction of sp³-hybridized carbons (Fsp3) is 0.240. The lowest BCUT2D eigenvalue weighted by Gasteiger charge is -2.28. The number of pyridine rings is 1. The van der Waals surface area contributed by atoms with Gasteiger partial charge in [-0.1, -0.05) is 30.3 Å². The van der Waals surface area contributed by atoms with Gasteiger partial charge >= 0.3 is 0 Å². The molecule has 1 aliphatic rings. The van der Waals surface area contributed by atoms with Crippen molar-refractivity contribution in [2.24, 2.45) is 0 Å². The van der Waals surface area contributed by atoms with Crippen LogP contribution < -0.4 is 4.90 Å². The summed E-state index contributed by atoms with van der Waals surface area (Å²) in [5.74, 6) is 1.83. The summed E-state index contributed by atoms with van der Waals surface area (Å²) in [7, 11) is 0. The lowest BCUT2D eigenvalue weighted by atomic mass is 10.1. The second-order valence-electron chi connectivity index (χ2n) is 8.21. The molecule has 0 spiro atoms. The summed E-state index contributed by atoms with van der Waals surface area (Å²) in [6.07, 6.45) is 5.27. The fourth-order valence-corrected chi connectivity index (χ4v) is 4.38. The summed E-state index contributed by atoms with van der Waals surface area (Å²) < 4.78 is 9.17. The highest BCUT2D eigenvalue weighted by Crippen LogP contribution is 2.32. The van der Waals surface area contributed by atoms with Gasteiger partial charge in [0.1, 0.15) is 5.82 Å². The standard InChI is InChI=1S/C25H24N8O2/c1-2-32-21(18-8-10-26-11-9-18)27-20-22(31-12-14-35-15-13-31)28-25(29-23(20)32)33-16-19(24(34)30-33)17-6-4-3-5-7-17/h3-11,16H,2,12-15H2,1H3,(H,30,34). The van der Waals surface area contributed by atoms with E-state index in [1.165, 1.54) is 4.68 Å². The third-order valence-corrected chi connectivity index (χ3v) is 6.11. The number of rotatable bonds is 5. The van der Waals surface area contributed by atoms with Crippen molar-refractivity contribution in [2.75, 3.05) is 31.2 Å².